The molecule has 132 valence electrons. The third-order valence-electron chi connectivity index (χ3n) is 6.38. The number of hydrogen-bond donors (Lipinski definition) is 0. The molecule has 2 saturated heterocycles. The first kappa shape index (κ1) is 15.3. The molecule has 2 aromatic heterocycles. The minimum absolute atomic E-state index is 0.762. The van der Waals surface area contributed by atoms with E-state index in [1.807, 2.05) is 0 Å². The summed E-state index contributed by atoms with van der Waals surface area (Å²) in [6.07, 6.45) is 6.27. The number of fused-ring (bicyclic) bond motifs is 2. The third kappa shape index (κ3) is 2.54. The lowest BCUT2D eigenvalue weighted by Gasteiger charge is -2.23. The standard InChI is InChI=1S/C19H26N6/c1-13-14(2)20-12-21-19(13)24-10-16-8-23(9-17(16)11-24)7-15-6-22-25-5-3-4-18(15)25/h6,12,16-17H,3-5,7-11H2,1-2H3. The summed E-state index contributed by atoms with van der Waals surface area (Å²) in [5, 5.41) is 4.55. The third-order valence-corrected chi connectivity index (χ3v) is 6.38. The molecule has 0 spiro atoms. The van der Waals surface area contributed by atoms with Crippen LogP contribution in [0.15, 0.2) is 12.5 Å². The van der Waals surface area contributed by atoms with E-state index in [-0.39, 0.29) is 0 Å². The topological polar surface area (TPSA) is 50.1 Å². The molecular weight excluding hydrogens is 312 g/mol. The first-order chi connectivity index (χ1) is 12.2. The van der Waals surface area contributed by atoms with Gasteiger partial charge in [-0.2, -0.15) is 5.10 Å². The summed E-state index contributed by atoms with van der Waals surface area (Å²) >= 11 is 0. The molecule has 5 heterocycles. The lowest BCUT2D eigenvalue weighted by molar-refractivity contribution is 0.308. The SMILES string of the molecule is Cc1ncnc(N2CC3CN(Cc4cnn5c4CCC5)CC3C2)c1C. The lowest BCUT2D eigenvalue weighted by atomic mass is 10.0. The minimum atomic E-state index is 0.762. The van der Waals surface area contributed by atoms with Crippen LogP contribution in [0.3, 0.4) is 0 Å². The summed E-state index contributed by atoms with van der Waals surface area (Å²) < 4.78 is 2.20. The molecule has 3 aliphatic rings. The second kappa shape index (κ2) is 5.80. The van der Waals surface area contributed by atoms with Crippen molar-refractivity contribution >= 4 is 5.82 Å². The van der Waals surface area contributed by atoms with Gasteiger partial charge in [0.25, 0.3) is 0 Å². The Labute approximate surface area is 148 Å². The van der Waals surface area contributed by atoms with E-state index in [1.165, 1.54) is 42.8 Å². The molecule has 5 rings (SSSR count). The number of hydrogen-bond acceptors (Lipinski definition) is 5. The zero-order valence-corrected chi connectivity index (χ0v) is 15.1. The van der Waals surface area contributed by atoms with Crippen molar-refractivity contribution in [1.82, 2.24) is 24.6 Å². The molecule has 0 aromatic carbocycles. The van der Waals surface area contributed by atoms with Crippen LogP contribution in [0.1, 0.15) is 28.9 Å². The van der Waals surface area contributed by atoms with Gasteiger partial charge in [0, 0.05) is 61.8 Å². The van der Waals surface area contributed by atoms with Crippen LogP contribution >= 0.6 is 0 Å². The Hall–Kier alpha value is -1.95. The summed E-state index contributed by atoms with van der Waals surface area (Å²) in [5.41, 5.74) is 5.26. The van der Waals surface area contributed by atoms with Crippen molar-refractivity contribution in [3.05, 3.63) is 35.0 Å². The van der Waals surface area contributed by atoms with Crippen molar-refractivity contribution in [2.45, 2.75) is 39.8 Å². The van der Waals surface area contributed by atoms with Gasteiger partial charge in [-0.1, -0.05) is 0 Å². The van der Waals surface area contributed by atoms with E-state index in [4.69, 9.17) is 0 Å². The van der Waals surface area contributed by atoms with Gasteiger partial charge in [-0.25, -0.2) is 9.97 Å². The van der Waals surface area contributed by atoms with Crippen molar-refractivity contribution in [3.63, 3.8) is 0 Å². The quantitative estimate of drug-likeness (QED) is 0.854. The van der Waals surface area contributed by atoms with Gasteiger partial charge < -0.3 is 4.90 Å². The van der Waals surface area contributed by atoms with Gasteiger partial charge in [0.2, 0.25) is 0 Å². The molecule has 0 aliphatic carbocycles. The van der Waals surface area contributed by atoms with Crippen molar-refractivity contribution < 1.29 is 0 Å². The highest BCUT2D eigenvalue weighted by Gasteiger charge is 2.41. The molecule has 2 atom stereocenters. The van der Waals surface area contributed by atoms with Crippen LogP contribution in [-0.2, 0) is 19.5 Å². The molecular formula is C19H26N6. The van der Waals surface area contributed by atoms with Crippen LogP contribution in [0, 0.1) is 25.7 Å². The molecule has 0 saturated carbocycles. The zero-order chi connectivity index (χ0) is 17.0. The lowest BCUT2D eigenvalue weighted by Crippen LogP contribution is -2.29. The number of rotatable bonds is 3. The minimum Gasteiger partial charge on any atom is -0.356 e. The van der Waals surface area contributed by atoms with E-state index in [2.05, 4.69) is 49.6 Å². The van der Waals surface area contributed by atoms with Crippen LogP contribution in [0.5, 0.6) is 0 Å². The van der Waals surface area contributed by atoms with Crippen molar-refractivity contribution in [2.24, 2.45) is 11.8 Å². The van der Waals surface area contributed by atoms with E-state index >= 15 is 0 Å². The first-order valence-electron chi connectivity index (χ1n) is 9.48. The van der Waals surface area contributed by atoms with Gasteiger partial charge in [-0.15, -0.1) is 0 Å². The van der Waals surface area contributed by atoms with Gasteiger partial charge in [0.05, 0.1) is 6.20 Å². The second-order valence-corrected chi connectivity index (χ2v) is 7.97. The maximum Gasteiger partial charge on any atom is 0.135 e. The maximum absolute atomic E-state index is 4.56. The van der Waals surface area contributed by atoms with E-state index < -0.39 is 0 Å². The van der Waals surface area contributed by atoms with E-state index in [1.54, 1.807) is 6.33 Å². The zero-order valence-electron chi connectivity index (χ0n) is 15.1. The van der Waals surface area contributed by atoms with Gasteiger partial charge in [-0.05, 0) is 38.5 Å². The highest BCUT2D eigenvalue weighted by Crippen LogP contribution is 2.35. The molecule has 0 bridgehead atoms. The molecule has 6 nitrogen and oxygen atoms in total. The summed E-state index contributed by atoms with van der Waals surface area (Å²) in [6, 6.07) is 0. The van der Waals surface area contributed by atoms with Gasteiger partial charge in [0.1, 0.15) is 12.1 Å². The molecule has 2 unspecified atom stereocenters. The number of likely N-dealkylation sites (tertiary alicyclic amines) is 1. The van der Waals surface area contributed by atoms with Crippen LogP contribution in [0.4, 0.5) is 5.82 Å². The molecule has 3 aliphatic heterocycles. The number of nitrogens with zero attached hydrogens (tertiary/aromatic N) is 6. The fourth-order valence-corrected chi connectivity index (χ4v) is 4.94. The largest absolute Gasteiger partial charge is 0.356 e. The Balaban J connectivity index is 1.25. The van der Waals surface area contributed by atoms with E-state index in [9.17, 15) is 0 Å². The van der Waals surface area contributed by atoms with Crippen LogP contribution in [-0.4, -0.2) is 50.8 Å². The first-order valence-corrected chi connectivity index (χ1v) is 9.48. The van der Waals surface area contributed by atoms with Gasteiger partial charge in [-0.3, -0.25) is 9.58 Å². The summed E-state index contributed by atoms with van der Waals surface area (Å²) in [7, 11) is 0. The molecule has 2 aromatic rings. The summed E-state index contributed by atoms with van der Waals surface area (Å²) in [5.74, 6) is 2.67. The Morgan fingerprint density at radius 1 is 1.08 bits per heavy atom. The molecule has 0 N–H and O–H groups in total. The molecule has 0 amide bonds. The Morgan fingerprint density at radius 2 is 1.88 bits per heavy atom. The Morgan fingerprint density at radius 3 is 2.68 bits per heavy atom. The Bertz CT molecular complexity index is 783. The van der Waals surface area contributed by atoms with Crippen molar-refractivity contribution in [1.29, 1.82) is 0 Å². The van der Waals surface area contributed by atoms with E-state index in [0.29, 0.717) is 0 Å². The van der Waals surface area contributed by atoms with Crippen molar-refractivity contribution in [3.8, 4) is 0 Å². The fraction of sp³-hybridized carbons (Fsp3) is 0.632. The Kier molecular flexibility index (Phi) is 3.55. The fourth-order valence-electron chi connectivity index (χ4n) is 4.94. The number of aryl methyl sites for hydroxylation is 2. The normalized spacial score (nSPS) is 25.6. The van der Waals surface area contributed by atoms with Crippen molar-refractivity contribution in [2.75, 3.05) is 31.1 Å². The van der Waals surface area contributed by atoms with Gasteiger partial charge in [0.15, 0.2) is 0 Å². The maximum atomic E-state index is 4.56. The highest BCUT2D eigenvalue weighted by atomic mass is 15.3. The number of anilines is 1. The van der Waals surface area contributed by atoms with Crippen LogP contribution < -0.4 is 4.90 Å². The van der Waals surface area contributed by atoms with Crippen LogP contribution in [0.2, 0.25) is 0 Å². The number of aromatic nitrogens is 4. The second-order valence-electron chi connectivity index (χ2n) is 7.97. The predicted octanol–water partition coefficient (Wildman–Crippen LogP) is 1.80. The summed E-state index contributed by atoms with van der Waals surface area (Å²) in [6.45, 7) is 11.1. The monoisotopic (exact) mass is 338 g/mol. The highest BCUT2D eigenvalue weighted by molar-refractivity contribution is 5.48. The van der Waals surface area contributed by atoms with Gasteiger partial charge >= 0.3 is 0 Å². The summed E-state index contributed by atoms with van der Waals surface area (Å²) in [4.78, 5) is 14.0. The molecule has 2 fully saturated rings. The smallest absolute Gasteiger partial charge is 0.135 e. The van der Waals surface area contributed by atoms with E-state index in [0.717, 1.165) is 49.5 Å². The molecule has 6 heteroatoms. The average molecular weight is 338 g/mol. The molecule has 25 heavy (non-hydrogen) atoms. The predicted molar refractivity (Wildman–Crippen MR) is 96.5 cm³/mol. The molecule has 0 radical (unpaired) electrons. The van der Waals surface area contributed by atoms with Crippen LogP contribution in [0.25, 0.3) is 0 Å². The average Bonchev–Trinajstić information content (AvgIpc) is 3.32.